The average Bonchev–Trinajstić information content (AvgIpc) is 3.08. The number of alkyl halides is 3. The van der Waals surface area contributed by atoms with Gasteiger partial charge in [-0.2, -0.15) is 22.7 Å². The smallest absolute Gasteiger partial charge is 0.367 e. The molecule has 28 heavy (non-hydrogen) atoms. The summed E-state index contributed by atoms with van der Waals surface area (Å²) in [5.41, 5.74) is 0.611. The highest BCUT2D eigenvalue weighted by atomic mass is 19.4. The normalized spacial score (nSPS) is 21.5. The van der Waals surface area contributed by atoms with Crippen LogP contribution in [0.25, 0.3) is 5.78 Å². The Morgan fingerprint density at radius 3 is 2.36 bits per heavy atom. The number of nitrogens with one attached hydrogen (secondary N) is 1. The third kappa shape index (κ3) is 4.07. The van der Waals surface area contributed by atoms with Crippen LogP contribution < -0.4 is 5.32 Å². The van der Waals surface area contributed by atoms with Crippen molar-refractivity contribution >= 4 is 11.6 Å². The Morgan fingerprint density at radius 2 is 1.71 bits per heavy atom. The van der Waals surface area contributed by atoms with E-state index in [0.29, 0.717) is 17.6 Å². The summed E-state index contributed by atoms with van der Waals surface area (Å²) in [4.78, 5) is 12.6. The van der Waals surface area contributed by atoms with E-state index in [2.05, 4.69) is 37.2 Å². The number of hydrogen-bond acceptors (Lipinski definition) is 6. The van der Waals surface area contributed by atoms with Crippen molar-refractivity contribution in [2.24, 2.45) is 0 Å². The summed E-state index contributed by atoms with van der Waals surface area (Å²) in [6.45, 7) is 6.04. The SMILES string of the molecule is Cc1cc(NC2CCN(C3CCN(C)CC3)CC2)n2nc(C(F)(F)F)nc2n1. The van der Waals surface area contributed by atoms with Crippen LogP contribution in [-0.2, 0) is 6.18 Å². The molecule has 0 bridgehead atoms. The molecule has 10 heteroatoms. The number of piperidine rings is 2. The minimum absolute atomic E-state index is 0.0291. The minimum atomic E-state index is -4.59. The van der Waals surface area contributed by atoms with Crippen LogP contribution in [0.2, 0.25) is 0 Å². The van der Waals surface area contributed by atoms with Gasteiger partial charge in [-0.3, -0.25) is 0 Å². The van der Waals surface area contributed by atoms with E-state index in [0.717, 1.165) is 39.0 Å². The molecular weight excluding hydrogens is 371 g/mol. The van der Waals surface area contributed by atoms with E-state index in [-0.39, 0.29) is 11.8 Å². The van der Waals surface area contributed by atoms with Gasteiger partial charge in [-0.1, -0.05) is 0 Å². The molecule has 2 fully saturated rings. The van der Waals surface area contributed by atoms with E-state index >= 15 is 0 Å². The van der Waals surface area contributed by atoms with Crippen molar-refractivity contribution in [1.29, 1.82) is 0 Å². The number of rotatable bonds is 3. The second-order valence-electron chi connectivity index (χ2n) is 7.92. The van der Waals surface area contributed by atoms with Gasteiger partial charge in [-0.25, -0.2) is 4.98 Å². The van der Waals surface area contributed by atoms with E-state index in [9.17, 15) is 13.2 Å². The molecule has 1 N–H and O–H groups in total. The Balaban J connectivity index is 1.43. The first kappa shape index (κ1) is 19.4. The third-order valence-corrected chi connectivity index (χ3v) is 5.78. The maximum atomic E-state index is 13.0. The molecule has 2 aliphatic rings. The zero-order chi connectivity index (χ0) is 19.9. The van der Waals surface area contributed by atoms with Crippen molar-refractivity contribution in [1.82, 2.24) is 29.4 Å². The van der Waals surface area contributed by atoms with Gasteiger partial charge in [0.25, 0.3) is 11.6 Å². The Bertz CT molecular complexity index is 818. The Kier molecular flexibility index (Phi) is 5.17. The summed E-state index contributed by atoms with van der Waals surface area (Å²) in [7, 11) is 2.16. The van der Waals surface area contributed by atoms with Crippen molar-refractivity contribution in [3.63, 3.8) is 0 Å². The summed E-state index contributed by atoms with van der Waals surface area (Å²) in [5.74, 6) is -0.674. The zero-order valence-corrected chi connectivity index (χ0v) is 16.2. The molecule has 154 valence electrons. The molecule has 0 radical (unpaired) electrons. The van der Waals surface area contributed by atoms with Gasteiger partial charge in [0, 0.05) is 36.9 Å². The van der Waals surface area contributed by atoms with Gasteiger partial charge < -0.3 is 15.1 Å². The molecule has 0 atom stereocenters. The summed E-state index contributed by atoms with van der Waals surface area (Å²) in [6, 6.07) is 2.58. The van der Waals surface area contributed by atoms with Gasteiger partial charge in [0.05, 0.1) is 0 Å². The molecule has 2 aromatic heterocycles. The Hall–Kier alpha value is -1.94. The molecule has 0 amide bonds. The number of aromatic nitrogens is 4. The van der Waals surface area contributed by atoms with E-state index in [1.807, 2.05) is 0 Å². The highest BCUT2D eigenvalue weighted by Crippen LogP contribution is 2.28. The maximum absolute atomic E-state index is 13.0. The van der Waals surface area contributed by atoms with E-state index in [1.54, 1.807) is 13.0 Å². The number of hydrogen-bond donors (Lipinski definition) is 1. The lowest BCUT2D eigenvalue weighted by molar-refractivity contribution is -0.144. The maximum Gasteiger partial charge on any atom is 0.453 e. The van der Waals surface area contributed by atoms with Crippen LogP contribution in [0.1, 0.15) is 37.2 Å². The lowest BCUT2D eigenvalue weighted by Gasteiger charge is -2.41. The van der Waals surface area contributed by atoms with E-state index < -0.39 is 12.0 Å². The van der Waals surface area contributed by atoms with Gasteiger partial charge in [-0.05, 0) is 52.7 Å². The summed E-state index contributed by atoms with van der Waals surface area (Å²) in [6.07, 6.45) is -0.264. The first-order valence-electron chi connectivity index (χ1n) is 9.80. The lowest BCUT2D eigenvalue weighted by atomic mass is 9.98. The monoisotopic (exact) mass is 397 g/mol. The van der Waals surface area contributed by atoms with Crippen molar-refractivity contribution in [3.05, 3.63) is 17.6 Å². The van der Waals surface area contributed by atoms with Crippen LogP contribution in [-0.4, -0.2) is 74.7 Å². The fourth-order valence-electron chi connectivity index (χ4n) is 4.19. The lowest BCUT2D eigenvalue weighted by Crippen LogP contribution is -2.48. The quantitative estimate of drug-likeness (QED) is 0.859. The summed E-state index contributed by atoms with van der Waals surface area (Å²) >= 11 is 0. The number of likely N-dealkylation sites (tertiary alicyclic amines) is 2. The van der Waals surface area contributed by atoms with Crippen molar-refractivity contribution in [2.45, 2.75) is 50.9 Å². The number of halogens is 3. The van der Waals surface area contributed by atoms with Gasteiger partial charge in [-0.15, -0.1) is 5.10 Å². The molecule has 0 aromatic carbocycles. The third-order valence-electron chi connectivity index (χ3n) is 5.78. The van der Waals surface area contributed by atoms with Gasteiger partial charge in [0.15, 0.2) is 0 Å². The van der Waals surface area contributed by atoms with Crippen molar-refractivity contribution in [2.75, 3.05) is 38.5 Å². The first-order chi connectivity index (χ1) is 13.3. The standard InChI is InChI=1S/C18H26F3N7/c1-12-11-15(28-17(22-12)24-16(25-28)18(19,20)21)23-13-3-9-27(10-4-13)14-5-7-26(2)8-6-14/h11,13-14,23H,3-10H2,1-2H3. The number of aryl methyl sites for hydroxylation is 1. The fraction of sp³-hybridized carbons (Fsp3) is 0.722. The fourth-order valence-corrected chi connectivity index (χ4v) is 4.19. The molecule has 0 unspecified atom stereocenters. The molecule has 2 saturated heterocycles. The number of fused-ring (bicyclic) bond motifs is 1. The van der Waals surface area contributed by atoms with Crippen LogP contribution in [0.4, 0.5) is 19.0 Å². The highest BCUT2D eigenvalue weighted by molar-refractivity contribution is 5.46. The second kappa shape index (κ2) is 7.47. The Morgan fingerprint density at radius 1 is 1.04 bits per heavy atom. The van der Waals surface area contributed by atoms with Crippen LogP contribution in [0.3, 0.4) is 0 Å². The van der Waals surface area contributed by atoms with Crippen LogP contribution in [0.5, 0.6) is 0 Å². The molecule has 0 aliphatic carbocycles. The molecule has 2 aromatic rings. The van der Waals surface area contributed by atoms with Crippen molar-refractivity contribution < 1.29 is 13.2 Å². The predicted molar refractivity (Wildman–Crippen MR) is 99.3 cm³/mol. The minimum Gasteiger partial charge on any atom is -0.367 e. The largest absolute Gasteiger partial charge is 0.453 e. The number of nitrogens with zero attached hydrogens (tertiary/aromatic N) is 6. The molecule has 4 rings (SSSR count). The van der Waals surface area contributed by atoms with Crippen molar-refractivity contribution in [3.8, 4) is 0 Å². The predicted octanol–water partition coefficient (Wildman–Crippen LogP) is 2.42. The van der Waals surface area contributed by atoms with Gasteiger partial charge in [0.1, 0.15) is 5.82 Å². The van der Waals surface area contributed by atoms with E-state index in [1.165, 1.54) is 17.4 Å². The molecule has 7 nitrogen and oxygen atoms in total. The van der Waals surface area contributed by atoms with Crippen LogP contribution in [0, 0.1) is 6.92 Å². The molecular formula is C18H26F3N7. The van der Waals surface area contributed by atoms with Crippen LogP contribution >= 0.6 is 0 Å². The number of anilines is 1. The highest BCUT2D eigenvalue weighted by Gasteiger charge is 2.37. The molecule has 0 spiro atoms. The van der Waals surface area contributed by atoms with Gasteiger partial charge in [0.2, 0.25) is 0 Å². The van der Waals surface area contributed by atoms with E-state index in [4.69, 9.17) is 0 Å². The molecule has 0 saturated carbocycles. The average molecular weight is 397 g/mol. The Labute approximate surface area is 161 Å². The van der Waals surface area contributed by atoms with Gasteiger partial charge >= 0.3 is 6.18 Å². The second-order valence-corrected chi connectivity index (χ2v) is 7.92. The topological polar surface area (TPSA) is 61.6 Å². The summed E-state index contributed by atoms with van der Waals surface area (Å²) < 4.78 is 40.1. The first-order valence-corrected chi connectivity index (χ1v) is 9.80. The van der Waals surface area contributed by atoms with Crippen LogP contribution in [0.15, 0.2) is 6.07 Å². The molecule has 2 aliphatic heterocycles. The summed E-state index contributed by atoms with van der Waals surface area (Å²) in [5, 5.41) is 7.00. The zero-order valence-electron chi connectivity index (χ0n) is 16.2. The molecule has 4 heterocycles.